The number of benzene rings is 3. The van der Waals surface area contributed by atoms with Crippen molar-refractivity contribution in [1.29, 1.82) is 0 Å². The Hall–Kier alpha value is -5.42. The zero-order valence-corrected chi connectivity index (χ0v) is 43.3. The zero-order valence-electron chi connectivity index (χ0n) is 43.3. The summed E-state index contributed by atoms with van der Waals surface area (Å²) in [5.41, 5.74) is 43.9. The van der Waals surface area contributed by atoms with E-state index in [4.69, 9.17) is 77.5 Å². The highest BCUT2D eigenvalue weighted by atomic mass is 16.8. The summed E-state index contributed by atoms with van der Waals surface area (Å²) in [5, 5.41) is 74.5. The molecule has 1 aliphatic carbocycles. The van der Waals surface area contributed by atoms with Crippen molar-refractivity contribution in [2.24, 2.45) is 34.4 Å². The summed E-state index contributed by atoms with van der Waals surface area (Å²) in [5.74, 6) is 2.00. The lowest BCUT2D eigenvalue weighted by Crippen LogP contribution is -2.68. The van der Waals surface area contributed by atoms with Gasteiger partial charge in [-0.1, -0.05) is 5.21 Å². The maximum absolute atomic E-state index is 12.0. The van der Waals surface area contributed by atoms with Crippen LogP contribution in [0, 0.1) is 0 Å². The van der Waals surface area contributed by atoms with Crippen molar-refractivity contribution in [2.75, 3.05) is 51.2 Å². The van der Waals surface area contributed by atoms with E-state index in [0.717, 1.165) is 65.2 Å². The van der Waals surface area contributed by atoms with Crippen LogP contribution in [0.3, 0.4) is 0 Å². The molecular formula is C51H71N15O13. The number of rotatable bonds is 16. The van der Waals surface area contributed by atoms with Gasteiger partial charge in [-0.3, -0.25) is 0 Å². The molecule has 0 bridgehead atoms. The van der Waals surface area contributed by atoms with Crippen molar-refractivity contribution in [3.63, 3.8) is 0 Å². The molecule has 6 aromatic rings. The van der Waals surface area contributed by atoms with Crippen LogP contribution in [0.5, 0.6) is 5.75 Å². The van der Waals surface area contributed by atoms with Gasteiger partial charge in [-0.15, -0.1) is 5.10 Å². The van der Waals surface area contributed by atoms with Crippen LogP contribution in [0.25, 0.3) is 44.8 Å². The van der Waals surface area contributed by atoms with Gasteiger partial charge in [0, 0.05) is 68.2 Å². The fourth-order valence-corrected chi connectivity index (χ4v) is 11.0. The van der Waals surface area contributed by atoms with Crippen LogP contribution in [0.15, 0.2) is 66.9 Å². The molecule has 0 radical (unpaired) electrons. The quantitative estimate of drug-likeness (QED) is 0.0437. The van der Waals surface area contributed by atoms with Crippen molar-refractivity contribution in [3.8, 4) is 28.5 Å². The predicted octanol–water partition coefficient (Wildman–Crippen LogP) is -4.18. The van der Waals surface area contributed by atoms with Gasteiger partial charge in [0.1, 0.15) is 96.8 Å². The minimum atomic E-state index is -1.65. The number of nitrogens with two attached hydrogens (primary N) is 6. The highest BCUT2D eigenvalue weighted by Gasteiger charge is 2.54. The average molecular weight is 1100 g/mol. The SMILES string of the molecule is CN1CCN(c2ccc3nc(-c4ccc5nc(-c6ccc(OCc7cn(C[C@H]8OC(O[C@@H]9C(O)[C@H](N)CC(N)[C@@H]9O[C@@H]9OC(CN)[C@@H](O)[C@H](O)C9N)[C@@H](O)[C@H]8O[C@H]8O[C@@H](CN)[C@@H](O)C(O)C8N)nn7)cc6)[nH]c5c4)[nH]c3c2)CC1. The van der Waals surface area contributed by atoms with Crippen molar-refractivity contribution < 1.29 is 63.8 Å². The topological polar surface area (TPSA) is 437 Å². The predicted molar refractivity (Wildman–Crippen MR) is 282 cm³/mol. The van der Waals surface area contributed by atoms with Crippen LogP contribution in [0.1, 0.15) is 12.1 Å². The summed E-state index contributed by atoms with van der Waals surface area (Å²) in [6.45, 7) is 3.57. The molecule has 3 aromatic heterocycles. The number of H-pyrrole nitrogens is 2. The van der Waals surface area contributed by atoms with E-state index in [2.05, 4.69) is 55.3 Å². The first-order valence-corrected chi connectivity index (χ1v) is 26.5. The summed E-state index contributed by atoms with van der Waals surface area (Å²) in [7, 11) is 2.15. The Kier molecular flexibility index (Phi) is 16.3. The van der Waals surface area contributed by atoms with Gasteiger partial charge in [-0.2, -0.15) is 0 Å². The standard InChI is InChI=1S/C51H71N15O13/c1-64-10-12-65(13-11-64)25-5-9-30-32(15-25)61-48(59-30)23-4-8-29-31(14-23)60-47(58-29)22-2-6-26(7-3-22)73-21-24-19-66(63-62-24)20-35-45(78-50-37(57)42(71)40(69)34(18-53)75-50)43(72)51(76-35)79-46-38(67)27(54)16-28(55)44(46)77-49-36(56)41(70)39(68)33(17-52)74-49/h2-9,14-15,19,27-28,33-46,49-51,67-72H,10-13,16-18,20-21,52-57H2,1H3,(H,58,60)(H,59,61)/t27-,28?,33?,34+,35-,36?,37?,38?,39-,40-,41-,42?,43+,44+,45+,46-,49+,50-,51?/m1/s1. The second-order valence-electron chi connectivity index (χ2n) is 21.2. The molecule has 1 saturated carbocycles. The molecule has 19 atom stereocenters. The number of hydrogen-bond donors (Lipinski definition) is 14. The van der Waals surface area contributed by atoms with E-state index < -0.39 is 116 Å². The van der Waals surface area contributed by atoms with E-state index in [-0.39, 0.29) is 32.7 Å². The Morgan fingerprint density at radius 1 is 0.608 bits per heavy atom. The molecule has 7 unspecified atom stereocenters. The molecule has 5 aliphatic rings. The number of imidazole rings is 2. The molecule has 0 spiro atoms. The fraction of sp³-hybridized carbons (Fsp3) is 0.569. The van der Waals surface area contributed by atoms with E-state index in [1.165, 1.54) is 10.4 Å². The largest absolute Gasteiger partial charge is 0.487 e. The highest BCUT2D eigenvalue weighted by molar-refractivity contribution is 5.87. The number of piperazine rings is 1. The number of ether oxygens (including phenoxy) is 7. The van der Waals surface area contributed by atoms with Gasteiger partial charge in [0.15, 0.2) is 18.9 Å². The van der Waals surface area contributed by atoms with Crippen molar-refractivity contribution in [2.45, 2.75) is 136 Å². The molecule has 28 nitrogen and oxygen atoms in total. The van der Waals surface area contributed by atoms with E-state index in [1.54, 1.807) is 6.20 Å². The van der Waals surface area contributed by atoms with Crippen LogP contribution in [0.4, 0.5) is 5.69 Å². The number of aromatic amines is 2. The van der Waals surface area contributed by atoms with Crippen molar-refractivity contribution >= 4 is 27.8 Å². The monoisotopic (exact) mass is 1100 g/mol. The number of hydrogen-bond acceptors (Lipinski definition) is 25. The van der Waals surface area contributed by atoms with Crippen LogP contribution in [-0.2, 0) is 41.6 Å². The second-order valence-corrected chi connectivity index (χ2v) is 21.2. The second kappa shape index (κ2) is 23.2. The minimum absolute atomic E-state index is 0.0227. The molecule has 79 heavy (non-hydrogen) atoms. The Morgan fingerprint density at radius 2 is 1.18 bits per heavy atom. The summed E-state index contributed by atoms with van der Waals surface area (Å²) in [6.07, 6.45) is -18.7. The fourth-order valence-electron chi connectivity index (χ4n) is 11.0. The molecule has 4 aliphatic heterocycles. The van der Waals surface area contributed by atoms with E-state index in [1.807, 2.05) is 42.5 Å². The highest BCUT2D eigenvalue weighted by Crippen LogP contribution is 2.36. The van der Waals surface area contributed by atoms with E-state index in [0.29, 0.717) is 17.3 Å². The van der Waals surface area contributed by atoms with Crippen LogP contribution < -0.4 is 44.0 Å². The lowest BCUT2D eigenvalue weighted by Gasteiger charge is -2.47. The maximum atomic E-state index is 12.0. The molecule has 4 saturated heterocycles. The Bertz CT molecular complexity index is 3000. The lowest BCUT2D eigenvalue weighted by molar-refractivity contribution is -0.306. The van der Waals surface area contributed by atoms with Crippen molar-refractivity contribution in [3.05, 3.63) is 72.6 Å². The Morgan fingerprint density at radius 3 is 1.82 bits per heavy atom. The first-order chi connectivity index (χ1) is 38.0. The lowest BCUT2D eigenvalue weighted by atomic mass is 9.84. The van der Waals surface area contributed by atoms with Crippen LogP contribution in [-0.4, -0.2) is 233 Å². The molecule has 5 fully saturated rings. The third kappa shape index (κ3) is 11.3. The smallest absolute Gasteiger partial charge is 0.187 e. The minimum Gasteiger partial charge on any atom is -0.487 e. The first-order valence-electron chi connectivity index (χ1n) is 26.5. The number of anilines is 1. The molecule has 28 heteroatoms. The number of aliphatic hydroxyl groups excluding tert-OH is 6. The summed E-state index contributed by atoms with van der Waals surface area (Å²) in [6, 6.07) is 15.5. The molecule has 11 rings (SSSR count). The molecule has 7 heterocycles. The number of aromatic nitrogens is 7. The number of nitrogens with one attached hydrogen (secondary N) is 2. The van der Waals surface area contributed by atoms with Crippen LogP contribution in [0.2, 0.25) is 0 Å². The maximum Gasteiger partial charge on any atom is 0.187 e. The van der Waals surface area contributed by atoms with E-state index in [9.17, 15) is 30.6 Å². The van der Waals surface area contributed by atoms with Gasteiger partial charge in [-0.05, 0) is 74.1 Å². The number of nitrogens with zero attached hydrogens (tertiary/aromatic N) is 7. The van der Waals surface area contributed by atoms with Gasteiger partial charge in [0.2, 0.25) is 0 Å². The average Bonchev–Trinajstić information content (AvgIpc) is 4.39. The van der Waals surface area contributed by atoms with Crippen LogP contribution >= 0.6 is 0 Å². The molecule has 20 N–H and O–H groups in total. The normalized spacial score (nSPS) is 35.7. The third-order valence-electron chi connectivity index (χ3n) is 15.7. The number of aliphatic hydroxyl groups is 6. The summed E-state index contributed by atoms with van der Waals surface area (Å²) in [4.78, 5) is 21.4. The third-order valence-corrected chi connectivity index (χ3v) is 15.7. The van der Waals surface area contributed by atoms with Gasteiger partial charge in [-0.25, -0.2) is 14.6 Å². The molecule has 3 aromatic carbocycles. The van der Waals surface area contributed by atoms with Gasteiger partial charge < -0.3 is 118 Å². The Labute approximate surface area is 452 Å². The first kappa shape index (κ1) is 55.5. The summed E-state index contributed by atoms with van der Waals surface area (Å²) >= 11 is 0. The van der Waals surface area contributed by atoms with E-state index >= 15 is 0 Å². The van der Waals surface area contributed by atoms with Gasteiger partial charge in [0.25, 0.3) is 0 Å². The number of fused-ring (bicyclic) bond motifs is 2. The van der Waals surface area contributed by atoms with Gasteiger partial charge >= 0.3 is 0 Å². The molecule has 0 amide bonds. The molecular weight excluding hydrogens is 1030 g/mol. The number of likely N-dealkylation sites (N-methyl/N-ethyl adjacent to an activating group) is 1. The zero-order chi connectivity index (χ0) is 55.4. The summed E-state index contributed by atoms with van der Waals surface area (Å²) < 4.78 is 44.3. The Balaban J connectivity index is 0.754. The van der Waals surface area contributed by atoms with Crippen molar-refractivity contribution in [1.82, 2.24) is 39.8 Å². The van der Waals surface area contributed by atoms with Gasteiger partial charge in [0.05, 0.1) is 53.0 Å². The molecule has 428 valence electrons.